The summed E-state index contributed by atoms with van der Waals surface area (Å²) in [6.45, 7) is 4.62. The molecule has 0 bridgehead atoms. The fraction of sp³-hybridized carbons (Fsp3) is 0.400. The standard InChI is InChI=1S/C25H28N4O2/c1-18-15-27-23(20-7-12-26-13-8-20)29(18)17-19-9-14-28(16-19)24(30)25(10-11-25)21-3-5-22(31-2)6-4-21/h3-8,12-13,15,19H,9-11,14,16-17H2,1-2H3. The Morgan fingerprint density at radius 2 is 1.90 bits per heavy atom. The lowest BCUT2D eigenvalue weighted by molar-refractivity contribution is -0.133. The molecule has 1 amide bonds. The number of imidazole rings is 1. The smallest absolute Gasteiger partial charge is 0.233 e. The first-order chi connectivity index (χ1) is 15.1. The zero-order chi connectivity index (χ0) is 21.4. The van der Waals surface area contributed by atoms with Crippen LogP contribution in [-0.4, -0.2) is 45.5 Å². The summed E-state index contributed by atoms with van der Waals surface area (Å²) in [4.78, 5) is 24.3. The van der Waals surface area contributed by atoms with Crippen LogP contribution in [0.15, 0.2) is 55.0 Å². The van der Waals surface area contributed by atoms with Crippen molar-refractivity contribution >= 4 is 5.91 Å². The van der Waals surface area contributed by atoms with E-state index in [1.165, 1.54) is 0 Å². The fourth-order valence-electron chi connectivity index (χ4n) is 4.81. The highest BCUT2D eigenvalue weighted by molar-refractivity contribution is 5.91. The Morgan fingerprint density at radius 3 is 2.58 bits per heavy atom. The van der Waals surface area contributed by atoms with Crippen LogP contribution in [0.25, 0.3) is 11.4 Å². The number of ether oxygens (including phenoxy) is 1. The van der Waals surface area contributed by atoms with Gasteiger partial charge in [0.2, 0.25) is 5.91 Å². The van der Waals surface area contributed by atoms with Crippen LogP contribution in [0.4, 0.5) is 0 Å². The minimum Gasteiger partial charge on any atom is -0.497 e. The van der Waals surface area contributed by atoms with E-state index in [1.807, 2.05) is 42.6 Å². The van der Waals surface area contributed by atoms with Crippen LogP contribution in [0.1, 0.15) is 30.5 Å². The monoisotopic (exact) mass is 416 g/mol. The van der Waals surface area contributed by atoms with E-state index in [-0.39, 0.29) is 11.3 Å². The number of methoxy groups -OCH3 is 1. The maximum Gasteiger partial charge on any atom is 0.233 e. The third kappa shape index (κ3) is 3.60. The lowest BCUT2D eigenvalue weighted by atomic mass is 9.94. The number of aromatic nitrogens is 3. The molecule has 1 aliphatic carbocycles. The van der Waals surface area contributed by atoms with Crippen molar-refractivity contribution in [2.75, 3.05) is 20.2 Å². The molecule has 1 unspecified atom stereocenters. The first-order valence-corrected chi connectivity index (χ1v) is 11.0. The maximum atomic E-state index is 13.5. The first-order valence-electron chi connectivity index (χ1n) is 11.0. The van der Waals surface area contributed by atoms with Gasteiger partial charge in [-0.2, -0.15) is 0 Å². The molecule has 1 aliphatic heterocycles. The van der Waals surface area contributed by atoms with Crippen molar-refractivity contribution in [3.63, 3.8) is 0 Å². The molecular formula is C25H28N4O2. The Balaban J connectivity index is 1.29. The summed E-state index contributed by atoms with van der Waals surface area (Å²) in [5.41, 5.74) is 3.01. The van der Waals surface area contributed by atoms with Gasteiger partial charge in [-0.05, 0) is 61.9 Å². The van der Waals surface area contributed by atoms with Crippen LogP contribution in [0.2, 0.25) is 0 Å². The van der Waals surface area contributed by atoms with Gasteiger partial charge in [0.05, 0.1) is 12.5 Å². The number of carbonyl (C=O) groups excluding carboxylic acids is 1. The summed E-state index contributed by atoms with van der Waals surface area (Å²) in [5, 5.41) is 0. The molecule has 5 rings (SSSR count). The van der Waals surface area contributed by atoms with Crippen LogP contribution < -0.4 is 4.74 Å². The highest BCUT2D eigenvalue weighted by Crippen LogP contribution is 2.50. The number of hydrogen-bond donors (Lipinski definition) is 0. The van der Waals surface area contributed by atoms with Gasteiger partial charge in [-0.1, -0.05) is 12.1 Å². The molecule has 3 heterocycles. The normalized spacial score (nSPS) is 19.4. The maximum absolute atomic E-state index is 13.5. The molecule has 2 aromatic heterocycles. The SMILES string of the molecule is COc1ccc(C2(C(=O)N3CCC(Cn4c(C)cnc4-c4ccncc4)C3)CC2)cc1. The van der Waals surface area contributed by atoms with Gasteiger partial charge < -0.3 is 14.2 Å². The number of aryl methyl sites for hydroxylation is 1. The lowest BCUT2D eigenvalue weighted by Crippen LogP contribution is -2.38. The Kier molecular flexibility index (Phi) is 5.00. The predicted octanol–water partition coefficient (Wildman–Crippen LogP) is 3.84. The second-order valence-corrected chi connectivity index (χ2v) is 8.79. The summed E-state index contributed by atoms with van der Waals surface area (Å²) in [6, 6.07) is 12.0. The summed E-state index contributed by atoms with van der Waals surface area (Å²) in [5.74, 6) is 2.52. The quantitative estimate of drug-likeness (QED) is 0.613. The van der Waals surface area contributed by atoms with Crippen molar-refractivity contribution < 1.29 is 9.53 Å². The molecule has 1 saturated carbocycles. The first kappa shape index (κ1) is 19.8. The number of likely N-dealkylation sites (tertiary alicyclic amines) is 1. The molecule has 6 nitrogen and oxygen atoms in total. The minimum absolute atomic E-state index is 0.289. The van der Waals surface area contributed by atoms with Gasteiger partial charge in [0.15, 0.2) is 0 Å². The summed E-state index contributed by atoms with van der Waals surface area (Å²) >= 11 is 0. The van der Waals surface area contributed by atoms with Crippen molar-refractivity contribution in [1.29, 1.82) is 0 Å². The van der Waals surface area contributed by atoms with E-state index < -0.39 is 0 Å². The van der Waals surface area contributed by atoms with E-state index in [0.29, 0.717) is 5.92 Å². The van der Waals surface area contributed by atoms with Gasteiger partial charge >= 0.3 is 0 Å². The topological polar surface area (TPSA) is 60.2 Å². The van der Waals surface area contributed by atoms with Gasteiger partial charge in [0.1, 0.15) is 11.6 Å². The largest absolute Gasteiger partial charge is 0.497 e. The summed E-state index contributed by atoms with van der Waals surface area (Å²) in [7, 11) is 1.67. The molecule has 31 heavy (non-hydrogen) atoms. The van der Waals surface area contributed by atoms with Crippen LogP contribution in [0.3, 0.4) is 0 Å². The van der Waals surface area contributed by atoms with Gasteiger partial charge in [-0.3, -0.25) is 9.78 Å². The third-order valence-electron chi connectivity index (χ3n) is 6.81. The van der Waals surface area contributed by atoms with Crippen molar-refractivity contribution in [3.05, 3.63) is 66.2 Å². The number of rotatable bonds is 6. The summed E-state index contributed by atoms with van der Waals surface area (Å²) < 4.78 is 7.55. The molecule has 3 aromatic rings. The molecule has 2 fully saturated rings. The van der Waals surface area contributed by atoms with Crippen molar-refractivity contribution in [1.82, 2.24) is 19.4 Å². The molecule has 1 aromatic carbocycles. The zero-order valence-electron chi connectivity index (χ0n) is 18.1. The van der Waals surface area contributed by atoms with Crippen molar-refractivity contribution in [2.45, 2.75) is 38.1 Å². The molecule has 1 saturated heterocycles. The molecule has 1 atom stereocenters. The molecule has 6 heteroatoms. The number of nitrogens with zero attached hydrogens (tertiary/aromatic N) is 4. The fourth-order valence-corrected chi connectivity index (χ4v) is 4.81. The van der Waals surface area contributed by atoms with E-state index in [0.717, 1.165) is 67.3 Å². The molecule has 0 radical (unpaired) electrons. The van der Waals surface area contributed by atoms with Crippen LogP contribution in [0, 0.1) is 12.8 Å². The van der Waals surface area contributed by atoms with E-state index in [4.69, 9.17) is 4.74 Å². The average molecular weight is 417 g/mol. The van der Waals surface area contributed by atoms with E-state index >= 15 is 0 Å². The molecule has 0 spiro atoms. The minimum atomic E-state index is -0.325. The molecule has 0 N–H and O–H groups in total. The van der Waals surface area contributed by atoms with Gasteiger partial charge in [0.25, 0.3) is 0 Å². The number of amides is 1. The van der Waals surface area contributed by atoms with Crippen molar-refractivity contribution in [3.8, 4) is 17.1 Å². The Labute approximate surface area is 182 Å². The Bertz CT molecular complexity index is 1070. The van der Waals surface area contributed by atoms with Crippen LogP contribution in [0.5, 0.6) is 5.75 Å². The molecule has 160 valence electrons. The van der Waals surface area contributed by atoms with E-state index in [1.54, 1.807) is 19.5 Å². The number of carbonyl (C=O) groups is 1. The Morgan fingerprint density at radius 1 is 1.16 bits per heavy atom. The summed E-state index contributed by atoms with van der Waals surface area (Å²) in [6.07, 6.45) is 8.43. The lowest BCUT2D eigenvalue weighted by Gasteiger charge is -2.24. The third-order valence-corrected chi connectivity index (χ3v) is 6.81. The zero-order valence-corrected chi connectivity index (χ0v) is 18.1. The van der Waals surface area contributed by atoms with Gasteiger partial charge in [-0.15, -0.1) is 0 Å². The molecule has 2 aliphatic rings. The van der Waals surface area contributed by atoms with Gasteiger partial charge in [-0.25, -0.2) is 4.98 Å². The highest BCUT2D eigenvalue weighted by Gasteiger charge is 2.53. The number of benzene rings is 1. The van der Waals surface area contributed by atoms with Gasteiger partial charge in [0, 0.05) is 49.5 Å². The highest BCUT2D eigenvalue weighted by atomic mass is 16.5. The molecular weight excluding hydrogens is 388 g/mol. The van der Waals surface area contributed by atoms with Crippen LogP contribution in [-0.2, 0) is 16.8 Å². The predicted molar refractivity (Wildman–Crippen MR) is 119 cm³/mol. The van der Waals surface area contributed by atoms with Crippen LogP contribution >= 0.6 is 0 Å². The average Bonchev–Trinajstić information content (AvgIpc) is 3.36. The number of pyridine rings is 1. The number of hydrogen-bond acceptors (Lipinski definition) is 4. The second-order valence-electron chi connectivity index (χ2n) is 8.79. The second kappa shape index (κ2) is 7.84. The Hall–Kier alpha value is -3.15. The van der Waals surface area contributed by atoms with E-state index in [2.05, 4.69) is 26.4 Å². The van der Waals surface area contributed by atoms with Crippen molar-refractivity contribution in [2.24, 2.45) is 5.92 Å². The van der Waals surface area contributed by atoms with E-state index in [9.17, 15) is 4.79 Å².